The van der Waals surface area contributed by atoms with Crippen LogP contribution in [-0.2, 0) is 14.3 Å². The Balaban J connectivity index is 4.73. The standard InChI is InChI=1S/C28H54O4/c1-5-9-11-12-13-14-15-17-21-26(24(18-7-3)20-16-10-6-2)32-27(29)23-22-25(19-8-4)28(30)31/h24-26H,5-23H2,1-4H3,(H,30,31). The third kappa shape index (κ3) is 16.6. The van der Waals surface area contributed by atoms with E-state index in [1.54, 1.807) is 0 Å². The second-order valence-corrected chi connectivity index (χ2v) is 9.70. The van der Waals surface area contributed by atoms with Crippen molar-refractivity contribution in [2.45, 2.75) is 156 Å². The van der Waals surface area contributed by atoms with Crippen molar-refractivity contribution in [3.05, 3.63) is 0 Å². The van der Waals surface area contributed by atoms with Crippen LogP contribution in [0.3, 0.4) is 0 Å². The molecule has 0 radical (unpaired) electrons. The maximum atomic E-state index is 12.6. The minimum Gasteiger partial charge on any atom is -0.481 e. The number of carboxylic acid groups (broad SMARTS) is 1. The van der Waals surface area contributed by atoms with Crippen molar-refractivity contribution >= 4 is 11.9 Å². The van der Waals surface area contributed by atoms with Gasteiger partial charge in [0.1, 0.15) is 6.10 Å². The van der Waals surface area contributed by atoms with Gasteiger partial charge in [0.05, 0.1) is 5.92 Å². The lowest BCUT2D eigenvalue weighted by molar-refractivity contribution is -0.153. The lowest BCUT2D eigenvalue weighted by Crippen LogP contribution is -2.28. The van der Waals surface area contributed by atoms with Gasteiger partial charge in [-0.05, 0) is 44.4 Å². The van der Waals surface area contributed by atoms with E-state index in [0.29, 0.717) is 18.8 Å². The first kappa shape index (κ1) is 30.9. The van der Waals surface area contributed by atoms with Crippen molar-refractivity contribution in [3.63, 3.8) is 0 Å². The highest BCUT2D eigenvalue weighted by Gasteiger charge is 2.25. The number of carbonyl (C=O) groups is 2. The molecule has 0 aromatic heterocycles. The molecule has 0 aromatic rings. The molecule has 0 saturated carbocycles. The molecule has 0 rings (SSSR count). The summed E-state index contributed by atoms with van der Waals surface area (Å²) in [6.07, 6.45) is 20.2. The van der Waals surface area contributed by atoms with E-state index in [4.69, 9.17) is 4.74 Å². The van der Waals surface area contributed by atoms with Crippen LogP contribution in [0.15, 0.2) is 0 Å². The van der Waals surface area contributed by atoms with Crippen LogP contribution in [-0.4, -0.2) is 23.1 Å². The van der Waals surface area contributed by atoms with Gasteiger partial charge in [0.15, 0.2) is 0 Å². The zero-order valence-corrected chi connectivity index (χ0v) is 21.8. The van der Waals surface area contributed by atoms with Crippen LogP contribution in [0.2, 0.25) is 0 Å². The molecule has 0 fully saturated rings. The van der Waals surface area contributed by atoms with E-state index < -0.39 is 11.9 Å². The molecule has 0 saturated heterocycles. The summed E-state index contributed by atoms with van der Waals surface area (Å²) in [7, 11) is 0. The van der Waals surface area contributed by atoms with Crippen molar-refractivity contribution < 1.29 is 19.4 Å². The summed E-state index contributed by atoms with van der Waals surface area (Å²) in [6, 6.07) is 0. The lowest BCUT2D eigenvalue weighted by Gasteiger charge is -2.27. The van der Waals surface area contributed by atoms with Crippen LogP contribution >= 0.6 is 0 Å². The normalized spacial score (nSPS) is 14.1. The van der Waals surface area contributed by atoms with Gasteiger partial charge in [-0.25, -0.2) is 0 Å². The van der Waals surface area contributed by atoms with Crippen molar-refractivity contribution in [2.24, 2.45) is 11.8 Å². The van der Waals surface area contributed by atoms with Crippen molar-refractivity contribution in [1.29, 1.82) is 0 Å². The van der Waals surface area contributed by atoms with E-state index in [2.05, 4.69) is 20.8 Å². The molecule has 3 atom stereocenters. The number of hydrogen-bond donors (Lipinski definition) is 1. The predicted octanol–water partition coefficient (Wildman–Crippen LogP) is 8.71. The Morgan fingerprint density at radius 2 is 1.16 bits per heavy atom. The summed E-state index contributed by atoms with van der Waals surface area (Å²) in [5.41, 5.74) is 0. The molecule has 0 aromatic carbocycles. The van der Waals surface area contributed by atoms with Crippen LogP contribution in [0, 0.1) is 11.8 Å². The Hall–Kier alpha value is -1.06. The monoisotopic (exact) mass is 454 g/mol. The summed E-state index contributed by atoms with van der Waals surface area (Å²) < 4.78 is 6.03. The Morgan fingerprint density at radius 1 is 0.625 bits per heavy atom. The first-order valence-electron chi connectivity index (χ1n) is 13.9. The van der Waals surface area contributed by atoms with E-state index in [9.17, 15) is 14.7 Å². The van der Waals surface area contributed by atoms with Gasteiger partial charge in [-0.1, -0.05) is 105 Å². The van der Waals surface area contributed by atoms with Gasteiger partial charge in [0, 0.05) is 6.42 Å². The lowest BCUT2D eigenvalue weighted by atomic mass is 9.88. The fourth-order valence-corrected chi connectivity index (χ4v) is 4.67. The molecule has 3 unspecified atom stereocenters. The predicted molar refractivity (Wildman–Crippen MR) is 135 cm³/mol. The molecule has 0 heterocycles. The molecule has 0 bridgehead atoms. The SMILES string of the molecule is CCCCCCCCCCC(OC(=O)CCC(CCC)C(=O)O)C(CCC)CCCCC. The van der Waals surface area contributed by atoms with Gasteiger partial charge in [-0.2, -0.15) is 0 Å². The van der Waals surface area contributed by atoms with Crippen LogP contribution in [0.1, 0.15) is 150 Å². The second-order valence-electron chi connectivity index (χ2n) is 9.70. The number of hydrogen-bond acceptors (Lipinski definition) is 3. The third-order valence-electron chi connectivity index (χ3n) is 6.67. The molecule has 0 aliphatic heterocycles. The molecule has 1 N–H and O–H groups in total. The average molecular weight is 455 g/mol. The van der Waals surface area contributed by atoms with Crippen LogP contribution in [0.4, 0.5) is 0 Å². The van der Waals surface area contributed by atoms with Crippen LogP contribution in [0.25, 0.3) is 0 Å². The third-order valence-corrected chi connectivity index (χ3v) is 6.67. The van der Waals surface area contributed by atoms with Gasteiger partial charge in [0.2, 0.25) is 0 Å². The van der Waals surface area contributed by atoms with Crippen molar-refractivity contribution in [1.82, 2.24) is 0 Å². The smallest absolute Gasteiger partial charge is 0.306 e. The molecule has 32 heavy (non-hydrogen) atoms. The van der Waals surface area contributed by atoms with Gasteiger partial charge < -0.3 is 9.84 Å². The largest absolute Gasteiger partial charge is 0.481 e. The van der Waals surface area contributed by atoms with Gasteiger partial charge in [-0.15, -0.1) is 0 Å². The first-order valence-corrected chi connectivity index (χ1v) is 13.9. The highest BCUT2D eigenvalue weighted by atomic mass is 16.5. The van der Waals surface area contributed by atoms with Crippen molar-refractivity contribution in [3.8, 4) is 0 Å². The Kier molecular flexibility index (Phi) is 21.0. The molecule has 190 valence electrons. The second kappa shape index (κ2) is 21.8. The minimum absolute atomic E-state index is 0.00569. The van der Waals surface area contributed by atoms with Gasteiger partial charge >= 0.3 is 11.9 Å². The van der Waals surface area contributed by atoms with E-state index in [-0.39, 0.29) is 18.5 Å². The maximum absolute atomic E-state index is 12.6. The zero-order valence-electron chi connectivity index (χ0n) is 21.8. The molecule has 0 amide bonds. The summed E-state index contributed by atoms with van der Waals surface area (Å²) in [5, 5.41) is 9.36. The van der Waals surface area contributed by atoms with Crippen molar-refractivity contribution in [2.75, 3.05) is 0 Å². The zero-order chi connectivity index (χ0) is 24.0. The van der Waals surface area contributed by atoms with E-state index >= 15 is 0 Å². The van der Waals surface area contributed by atoms with Gasteiger partial charge in [0.25, 0.3) is 0 Å². The van der Waals surface area contributed by atoms with E-state index in [1.165, 1.54) is 64.2 Å². The van der Waals surface area contributed by atoms with Crippen LogP contribution < -0.4 is 0 Å². The Bertz CT molecular complexity index is 449. The minimum atomic E-state index is -0.793. The summed E-state index contributed by atoms with van der Waals surface area (Å²) in [5.74, 6) is -0.993. The van der Waals surface area contributed by atoms with E-state index in [1.807, 2.05) is 6.92 Å². The highest BCUT2D eigenvalue weighted by molar-refractivity contribution is 5.73. The fraction of sp³-hybridized carbons (Fsp3) is 0.929. The van der Waals surface area contributed by atoms with Gasteiger partial charge in [-0.3, -0.25) is 9.59 Å². The molecule has 4 nitrogen and oxygen atoms in total. The fourth-order valence-electron chi connectivity index (χ4n) is 4.67. The highest BCUT2D eigenvalue weighted by Crippen LogP contribution is 2.27. The topological polar surface area (TPSA) is 63.6 Å². The molecule has 0 aliphatic carbocycles. The quantitative estimate of drug-likeness (QED) is 0.124. The molecule has 0 spiro atoms. The maximum Gasteiger partial charge on any atom is 0.306 e. The molecular formula is C28H54O4. The summed E-state index contributed by atoms with van der Waals surface area (Å²) in [4.78, 5) is 24.0. The number of unbranched alkanes of at least 4 members (excludes halogenated alkanes) is 9. The summed E-state index contributed by atoms with van der Waals surface area (Å²) in [6.45, 7) is 8.67. The molecule has 0 aliphatic rings. The number of esters is 1. The number of carbonyl (C=O) groups excluding carboxylic acids is 1. The average Bonchev–Trinajstić information content (AvgIpc) is 2.77. The van der Waals surface area contributed by atoms with E-state index in [0.717, 1.165) is 38.5 Å². The Morgan fingerprint density at radius 3 is 1.72 bits per heavy atom. The Labute approximate surface area is 199 Å². The number of rotatable bonds is 23. The number of carboxylic acids is 1. The van der Waals surface area contributed by atoms with Crippen LogP contribution in [0.5, 0.6) is 0 Å². The molecule has 4 heteroatoms. The number of aliphatic carboxylic acids is 1. The molecular weight excluding hydrogens is 400 g/mol. The number of ether oxygens (including phenoxy) is 1. The first-order chi connectivity index (χ1) is 15.5. The summed E-state index contributed by atoms with van der Waals surface area (Å²) >= 11 is 0.